The predicted octanol–water partition coefficient (Wildman–Crippen LogP) is 7.85. The van der Waals surface area contributed by atoms with Gasteiger partial charge in [0.05, 0.1) is 22.6 Å². The van der Waals surface area contributed by atoms with E-state index < -0.39 is 17.8 Å². The van der Waals surface area contributed by atoms with Crippen molar-refractivity contribution in [2.45, 2.75) is 52.0 Å². The van der Waals surface area contributed by atoms with E-state index in [1.807, 2.05) is 12.1 Å². The summed E-state index contributed by atoms with van der Waals surface area (Å²) >= 11 is 0. The van der Waals surface area contributed by atoms with Crippen molar-refractivity contribution >= 4 is 29.1 Å². The zero-order chi connectivity index (χ0) is 26.4. The number of carbonyl (C=O) groups excluding carboxylic acids is 1. The molecule has 3 aromatic carbocycles. The molecule has 1 unspecified atom stereocenters. The highest BCUT2D eigenvalue weighted by atomic mass is 19.1. The summed E-state index contributed by atoms with van der Waals surface area (Å²) in [5, 5.41) is 18.8. The lowest BCUT2D eigenvalue weighted by Gasteiger charge is -2.35. The van der Waals surface area contributed by atoms with Crippen LogP contribution < -0.4 is 16.0 Å². The van der Waals surface area contributed by atoms with E-state index in [1.165, 1.54) is 31.4 Å². The number of carbonyl (C=O) groups is 2. The van der Waals surface area contributed by atoms with E-state index in [9.17, 15) is 19.1 Å². The van der Waals surface area contributed by atoms with Crippen LogP contribution in [0.1, 0.15) is 56.3 Å². The number of rotatable bonds is 8. The third-order valence-corrected chi connectivity index (χ3v) is 7.06. The molecule has 37 heavy (non-hydrogen) atoms. The number of amides is 2. The van der Waals surface area contributed by atoms with Gasteiger partial charge in [-0.1, -0.05) is 69.5 Å². The molecule has 0 aliphatic heterocycles. The highest BCUT2D eigenvalue weighted by Gasteiger charge is 2.27. The van der Waals surface area contributed by atoms with Gasteiger partial charge in [-0.25, -0.2) is 14.0 Å². The lowest BCUT2D eigenvalue weighted by Crippen LogP contribution is -2.35. The van der Waals surface area contributed by atoms with E-state index in [0.717, 1.165) is 18.5 Å². The number of hydrogen-bond acceptors (Lipinski definition) is 3. The van der Waals surface area contributed by atoms with E-state index in [0.29, 0.717) is 28.7 Å². The summed E-state index contributed by atoms with van der Waals surface area (Å²) in [5.41, 5.74) is 2.68. The minimum absolute atomic E-state index is 0.0733. The van der Waals surface area contributed by atoms with Gasteiger partial charge in [0.15, 0.2) is 0 Å². The Hall–Kier alpha value is -3.87. The molecule has 194 valence electrons. The Balaban J connectivity index is 1.68. The van der Waals surface area contributed by atoms with Gasteiger partial charge in [0.2, 0.25) is 0 Å². The first-order chi connectivity index (χ1) is 17.8. The lowest BCUT2D eigenvalue weighted by molar-refractivity contribution is 0.0697. The quantitative estimate of drug-likeness (QED) is 0.252. The molecule has 0 heterocycles. The maximum atomic E-state index is 14.1. The van der Waals surface area contributed by atoms with E-state index >= 15 is 0 Å². The first-order valence-corrected chi connectivity index (χ1v) is 12.9. The molecule has 3 aromatic rings. The third kappa shape index (κ3) is 6.47. The Kier molecular flexibility index (Phi) is 8.43. The van der Waals surface area contributed by atoms with Crippen molar-refractivity contribution in [3.63, 3.8) is 0 Å². The van der Waals surface area contributed by atoms with Crippen molar-refractivity contribution in [3.05, 3.63) is 78.1 Å². The molecule has 0 spiro atoms. The predicted molar refractivity (Wildman–Crippen MR) is 147 cm³/mol. The van der Waals surface area contributed by atoms with E-state index in [1.54, 1.807) is 42.5 Å². The Morgan fingerprint density at radius 3 is 2.24 bits per heavy atom. The van der Waals surface area contributed by atoms with Crippen molar-refractivity contribution in [2.24, 2.45) is 11.8 Å². The zero-order valence-electron chi connectivity index (χ0n) is 21.3. The van der Waals surface area contributed by atoms with Crippen LogP contribution in [0.4, 0.5) is 26.2 Å². The number of para-hydroxylation sites is 1. The third-order valence-electron chi connectivity index (χ3n) is 7.06. The van der Waals surface area contributed by atoms with Crippen LogP contribution in [0.5, 0.6) is 0 Å². The van der Waals surface area contributed by atoms with Crippen LogP contribution in [-0.4, -0.2) is 23.1 Å². The number of halogens is 1. The molecule has 4 N–H and O–H groups in total. The molecule has 1 aliphatic rings. The molecule has 6 nitrogen and oxygen atoms in total. The minimum Gasteiger partial charge on any atom is -0.478 e. The topological polar surface area (TPSA) is 90.5 Å². The minimum atomic E-state index is -1.03. The molecule has 2 amide bonds. The number of nitrogens with one attached hydrogen (secondary N) is 3. The summed E-state index contributed by atoms with van der Waals surface area (Å²) in [4.78, 5) is 24.7. The summed E-state index contributed by atoms with van der Waals surface area (Å²) in [6, 6.07) is 17.9. The summed E-state index contributed by atoms with van der Waals surface area (Å²) in [6.07, 6.45) is 6.03. The van der Waals surface area contributed by atoms with Gasteiger partial charge >= 0.3 is 12.0 Å². The van der Waals surface area contributed by atoms with Crippen LogP contribution in [0.3, 0.4) is 0 Å². The Morgan fingerprint density at radius 2 is 1.54 bits per heavy atom. The average Bonchev–Trinajstić information content (AvgIpc) is 2.89. The normalized spacial score (nSPS) is 14.7. The fraction of sp³-hybridized carbons (Fsp3) is 0.333. The van der Waals surface area contributed by atoms with Crippen molar-refractivity contribution in [1.29, 1.82) is 0 Å². The van der Waals surface area contributed by atoms with Gasteiger partial charge in [0.1, 0.15) is 5.82 Å². The van der Waals surface area contributed by atoms with Crippen LogP contribution >= 0.6 is 0 Å². The molecule has 0 bridgehead atoms. The summed E-state index contributed by atoms with van der Waals surface area (Å²) in [5.74, 6) is -0.657. The van der Waals surface area contributed by atoms with Crippen molar-refractivity contribution in [1.82, 2.24) is 0 Å². The van der Waals surface area contributed by atoms with E-state index in [4.69, 9.17) is 0 Å². The second-order valence-corrected chi connectivity index (χ2v) is 9.98. The van der Waals surface area contributed by atoms with Crippen molar-refractivity contribution < 1.29 is 19.1 Å². The monoisotopic (exact) mass is 503 g/mol. The van der Waals surface area contributed by atoms with Crippen LogP contribution in [0, 0.1) is 17.7 Å². The van der Waals surface area contributed by atoms with Crippen LogP contribution in [0.2, 0.25) is 0 Å². The first kappa shape index (κ1) is 26.2. The lowest BCUT2D eigenvalue weighted by atomic mass is 9.79. The van der Waals surface area contributed by atoms with Gasteiger partial charge in [0, 0.05) is 6.04 Å². The Bertz CT molecular complexity index is 1250. The Labute approximate surface area is 217 Å². The summed E-state index contributed by atoms with van der Waals surface area (Å²) < 4.78 is 14.1. The van der Waals surface area contributed by atoms with Crippen LogP contribution in [0.15, 0.2) is 66.7 Å². The maximum absolute atomic E-state index is 14.1. The number of urea groups is 1. The number of benzene rings is 3. The SMILES string of the molecule is CC(C)C(Nc1ccc(-c2ccccc2C(=O)O)cc1NC(=O)Nc1ccccc1F)C1CCCCC1. The van der Waals surface area contributed by atoms with Gasteiger partial charge in [-0.2, -0.15) is 0 Å². The van der Waals surface area contributed by atoms with E-state index in [2.05, 4.69) is 29.8 Å². The second kappa shape index (κ2) is 11.9. The fourth-order valence-corrected chi connectivity index (χ4v) is 5.20. The largest absolute Gasteiger partial charge is 0.478 e. The first-order valence-electron chi connectivity index (χ1n) is 12.9. The zero-order valence-corrected chi connectivity index (χ0v) is 21.3. The number of carboxylic acid groups (broad SMARTS) is 1. The van der Waals surface area contributed by atoms with Crippen molar-refractivity contribution in [3.8, 4) is 11.1 Å². The van der Waals surface area contributed by atoms with Gasteiger partial charge in [-0.15, -0.1) is 0 Å². The molecule has 4 rings (SSSR count). The van der Waals surface area contributed by atoms with Crippen LogP contribution in [0.25, 0.3) is 11.1 Å². The average molecular weight is 504 g/mol. The fourth-order valence-electron chi connectivity index (χ4n) is 5.20. The summed E-state index contributed by atoms with van der Waals surface area (Å²) in [6.45, 7) is 4.39. The van der Waals surface area contributed by atoms with Gasteiger partial charge in [0.25, 0.3) is 0 Å². The molecule has 1 saturated carbocycles. The van der Waals surface area contributed by atoms with Gasteiger partial charge < -0.3 is 21.1 Å². The molecule has 0 saturated heterocycles. The van der Waals surface area contributed by atoms with Gasteiger partial charge in [-0.3, -0.25) is 0 Å². The molecular formula is C30H34FN3O3. The smallest absolute Gasteiger partial charge is 0.336 e. The van der Waals surface area contributed by atoms with E-state index in [-0.39, 0.29) is 17.3 Å². The number of carboxylic acids is 1. The van der Waals surface area contributed by atoms with Crippen molar-refractivity contribution in [2.75, 3.05) is 16.0 Å². The molecule has 1 fully saturated rings. The standard InChI is InChI=1S/C30H34FN3O3/c1-19(2)28(20-10-4-3-5-11-20)32-26-17-16-21(22-12-6-7-13-23(22)29(35)36)18-27(26)34-30(37)33-25-15-9-8-14-24(25)31/h6-9,12-20,28,32H,3-5,10-11H2,1-2H3,(H,35,36)(H2,33,34,37). The second-order valence-electron chi connectivity index (χ2n) is 9.98. The molecule has 0 radical (unpaired) electrons. The molecular weight excluding hydrogens is 469 g/mol. The van der Waals surface area contributed by atoms with Crippen LogP contribution in [-0.2, 0) is 0 Å². The summed E-state index contributed by atoms with van der Waals surface area (Å²) in [7, 11) is 0. The molecule has 1 atom stereocenters. The maximum Gasteiger partial charge on any atom is 0.336 e. The number of anilines is 3. The number of aromatic carboxylic acids is 1. The molecule has 7 heteroatoms. The Morgan fingerprint density at radius 1 is 0.865 bits per heavy atom. The molecule has 1 aliphatic carbocycles. The number of hydrogen-bond donors (Lipinski definition) is 4. The highest BCUT2D eigenvalue weighted by molar-refractivity contribution is 6.03. The van der Waals surface area contributed by atoms with Gasteiger partial charge in [-0.05, 0) is 66.1 Å². The molecule has 0 aromatic heterocycles. The highest BCUT2D eigenvalue weighted by Crippen LogP contribution is 2.36.